The van der Waals surface area contributed by atoms with Crippen molar-refractivity contribution in [2.24, 2.45) is 5.92 Å². The number of aromatic nitrogens is 2. The Morgan fingerprint density at radius 1 is 1.42 bits per heavy atom. The Balaban J connectivity index is 1.78. The van der Waals surface area contributed by atoms with E-state index < -0.39 is 5.97 Å². The highest BCUT2D eigenvalue weighted by Gasteiger charge is 2.15. The molecule has 19 heavy (non-hydrogen) atoms. The van der Waals surface area contributed by atoms with Crippen molar-refractivity contribution in [3.8, 4) is 5.88 Å². The maximum absolute atomic E-state index is 10.4. The summed E-state index contributed by atoms with van der Waals surface area (Å²) in [6.45, 7) is 1.02. The maximum atomic E-state index is 10.4. The minimum atomic E-state index is -0.839. The number of nitrogens with one attached hydrogen (secondary N) is 1. The zero-order valence-electron chi connectivity index (χ0n) is 10.8. The topological polar surface area (TPSA) is 84.3 Å². The maximum Gasteiger partial charge on any atom is 0.305 e. The molecule has 1 aliphatic rings. The van der Waals surface area contributed by atoms with Gasteiger partial charge in [0, 0.05) is 6.54 Å². The first-order valence-corrected chi connectivity index (χ1v) is 6.64. The molecule has 104 valence electrons. The Hall–Kier alpha value is -1.85. The van der Waals surface area contributed by atoms with Crippen molar-refractivity contribution in [3.63, 3.8) is 0 Å². The van der Waals surface area contributed by atoms with Crippen LogP contribution in [0.2, 0.25) is 0 Å². The van der Waals surface area contributed by atoms with Crippen LogP contribution in [-0.2, 0) is 4.79 Å². The smallest absolute Gasteiger partial charge is 0.305 e. The number of carbonyl (C=O) groups is 1. The van der Waals surface area contributed by atoms with Crippen molar-refractivity contribution in [2.45, 2.75) is 32.1 Å². The zero-order chi connectivity index (χ0) is 13.5. The molecule has 0 spiro atoms. The van der Waals surface area contributed by atoms with Gasteiger partial charge >= 0.3 is 5.97 Å². The fourth-order valence-electron chi connectivity index (χ4n) is 2.18. The first-order valence-electron chi connectivity index (χ1n) is 6.64. The molecule has 0 aliphatic heterocycles. The number of rotatable bonds is 7. The Bertz CT molecular complexity index is 419. The van der Waals surface area contributed by atoms with Crippen LogP contribution in [0.3, 0.4) is 0 Å². The third-order valence-corrected chi connectivity index (χ3v) is 3.20. The quantitative estimate of drug-likeness (QED) is 0.783. The van der Waals surface area contributed by atoms with E-state index in [1.807, 2.05) is 0 Å². The largest absolute Gasteiger partial charge is 0.481 e. The van der Waals surface area contributed by atoms with E-state index in [2.05, 4.69) is 15.3 Å². The van der Waals surface area contributed by atoms with Crippen LogP contribution >= 0.6 is 0 Å². The summed E-state index contributed by atoms with van der Waals surface area (Å²) in [7, 11) is 0. The van der Waals surface area contributed by atoms with Gasteiger partial charge in [0.1, 0.15) is 5.82 Å². The lowest BCUT2D eigenvalue weighted by molar-refractivity contribution is -0.136. The molecule has 0 unspecified atom stereocenters. The highest BCUT2D eigenvalue weighted by Crippen LogP contribution is 2.25. The number of carboxylic acid groups (broad SMARTS) is 1. The summed E-state index contributed by atoms with van der Waals surface area (Å²) in [6.07, 6.45) is 8.22. The lowest BCUT2D eigenvalue weighted by Gasteiger charge is -2.11. The number of ether oxygens (including phenoxy) is 1. The molecule has 1 saturated carbocycles. The Labute approximate surface area is 112 Å². The lowest BCUT2D eigenvalue weighted by atomic mass is 10.1. The third kappa shape index (κ3) is 4.73. The molecule has 2 rings (SSSR count). The van der Waals surface area contributed by atoms with Crippen molar-refractivity contribution in [1.82, 2.24) is 9.97 Å². The SMILES string of the molecule is O=C(O)CCNc1cncc(OCC2CCCC2)n1. The van der Waals surface area contributed by atoms with Crippen LogP contribution in [0.5, 0.6) is 5.88 Å². The molecule has 0 aromatic carbocycles. The molecule has 1 aliphatic carbocycles. The van der Waals surface area contributed by atoms with Crippen LogP contribution in [0.4, 0.5) is 5.82 Å². The number of anilines is 1. The van der Waals surface area contributed by atoms with Crippen LogP contribution < -0.4 is 10.1 Å². The summed E-state index contributed by atoms with van der Waals surface area (Å²) in [5, 5.41) is 11.5. The normalized spacial score (nSPS) is 15.4. The van der Waals surface area contributed by atoms with Crippen LogP contribution in [0, 0.1) is 5.92 Å². The van der Waals surface area contributed by atoms with Gasteiger partial charge in [-0.15, -0.1) is 0 Å². The molecule has 0 bridgehead atoms. The minimum Gasteiger partial charge on any atom is -0.481 e. The number of carboxylic acids is 1. The number of nitrogens with zero attached hydrogens (tertiary/aromatic N) is 2. The van der Waals surface area contributed by atoms with Crippen molar-refractivity contribution in [2.75, 3.05) is 18.5 Å². The van der Waals surface area contributed by atoms with Crippen molar-refractivity contribution in [3.05, 3.63) is 12.4 Å². The lowest BCUT2D eigenvalue weighted by Crippen LogP contribution is -2.11. The van der Waals surface area contributed by atoms with Gasteiger partial charge in [0.15, 0.2) is 0 Å². The molecule has 0 radical (unpaired) electrons. The summed E-state index contributed by atoms with van der Waals surface area (Å²) < 4.78 is 5.63. The Morgan fingerprint density at radius 3 is 2.95 bits per heavy atom. The fourth-order valence-corrected chi connectivity index (χ4v) is 2.18. The van der Waals surface area contributed by atoms with Gasteiger partial charge in [0.25, 0.3) is 0 Å². The average Bonchev–Trinajstić information content (AvgIpc) is 2.89. The molecule has 1 heterocycles. The van der Waals surface area contributed by atoms with E-state index in [1.165, 1.54) is 25.7 Å². The highest BCUT2D eigenvalue weighted by molar-refractivity contribution is 5.67. The molecule has 1 aromatic heterocycles. The van der Waals surface area contributed by atoms with Crippen LogP contribution in [0.1, 0.15) is 32.1 Å². The Kier molecular flexibility index (Phi) is 4.94. The van der Waals surface area contributed by atoms with Gasteiger partial charge in [-0.3, -0.25) is 9.78 Å². The minimum absolute atomic E-state index is 0.0504. The molecular formula is C13H19N3O3. The number of hydrogen-bond acceptors (Lipinski definition) is 5. The van der Waals surface area contributed by atoms with Gasteiger partial charge in [-0.1, -0.05) is 12.8 Å². The van der Waals surface area contributed by atoms with Gasteiger partial charge in [-0.05, 0) is 18.8 Å². The second kappa shape index (κ2) is 6.92. The van der Waals surface area contributed by atoms with Gasteiger partial charge in [0.2, 0.25) is 5.88 Å². The first-order chi connectivity index (χ1) is 9.24. The molecule has 2 N–H and O–H groups in total. The van der Waals surface area contributed by atoms with Gasteiger partial charge in [-0.2, -0.15) is 4.98 Å². The molecule has 0 amide bonds. The van der Waals surface area contributed by atoms with E-state index in [-0.39, 0.29) is 6.42 Å². The van der Waals surface area contributed by atoms with Crippen molar-refractivity contribution >= 4 is 11.8 Å². The van der Waals surface area contributed by atoms with Gasteiger partial charge in [-0.25, -0.2) is 0 Å². The summed E-state index contributed by atoms with van der Waals surface area (Å²) in [6, 6.07) is 0. The highest BCUT2D eigenvalue weighted by atomic mass is 16.5. The van der Waals surface area contributed by atoms with Crippen molar-refractivity contribution in [1.29, 1.82) is 0 Å². The molecular weight excluding hydrogens is 246 g/mol. The summed E-state index contributed by atoms with van der Waals surface area (Å²) in [4.78, 5) is 18.7. The number of aliphatic carboxylic acids is 1. The third-order valence-electron chi connectivity index (χ3n) is 3.20. The van der Waals surface area contributed by atoms with Crippen LogP contribution in [0.25, 0.3) is 0 Å². The molecule has 0 atom stereocenters. The van der Waals surface area contributed by atoms with E-state index in [4.69, 9.17) is 9.84 Å². The molecule has 0 saturated heterocycles. The standard InChI is InChI=1S/C13H19N3O3/c17-13(18)5-6-15-11-7-14-8-12(16-11)19-9-10-3-1-2-4-10/h7-8,10H,1-6,9H2,(H,15,16)(H,17,18). The fraction of sp³-hybridized carbons (Fsp3) is 0.615. The summed E-state index contributed by atoms with van der Waals surface area (Å²) in [5.74, 6) is 0.830. The first kappa shape index (κ1) is 13.6. The Morgan fingerprint density at radius 2 is 2.21 bits per heavy atom. The van der Waals surface area contributed by atoms with E-state index in [0.717, 1.165) is 0 Å². The molecule has 6 nitrogen and oxygen atoms in total. The van der Waals surface area contributed by atoms with Crippen LogP contribution in [-0.4, -0.2) is 34.2 Å². The van der Waals surface area contributed by atoms with E-state index >= 15 is 0 Å². The van der Waals surface area contributed by atoms with Crippen molar-refractivity contribution < 1.29 is 14.6 Å². The average molecular weight is 265 g/mol. The molecule has 1 aromatic rings. The predicted octanol–water partition coefficient (Wildman–Crippen LogP) is 1.93. The monoisotopic (exact) mass is 265 g/mol. The molecule has 6 heteroatoms. The van der Waals surface area contributed by atoms with Gasteiger partial charge in [0.05, 0.1) is 25.4 Å². The van der Waals surface area contributed by atoms with Gasteiger partial charge < -0.3 is 15.2 Å². The number of hydrogen-bond donors (Lipinski definition) is 2. The second-order valence-corrected chi connectivity index (χ2v) is 4.77. The predicted molar refractivity (Wildman–Crippen MR) is 70.2 cm³/mol. The van der Waals surface area contributed by atoms with E-state index in [1.54, 1.807) is 12.4 Å². The van der Waals surface area contributed by atoms with E-state index in [0.29, 0.717) is 30.8 Å². The van der Waals surface area contributed by atoms with E-state index in [9.17, 15) is 4.79 Å². The molecule has 1 fully saturated rings. The zero-order valence-corrected chi connectivity index (χ0v) is 10.8. The summed E-state index contributed by atoms with van der Waals surface area (Å²) in [5.41, 5.74) is 0. The summed E-state index contributed by atoms with van der Waals surface area (Å²) >= 11 is 0. The van der Waals surface area contributed by atoms with Crippen LogP contribution in [0.15, 0.2) is 12.4 Å². The second-order valence-electron chi connectivity index (χ2n) is 4.77.